The average molecular weight is 267 g/mol. The molecule has 18 heavy (non-hydrogen) atoms. The predicted molar refractivity (Wildman–Crippen MR) is 70.3 cm³/mol. The van der Waals surface area contributed by atoms with Crippen LogP contribution in [0.15, 0.2) is 17.8 Å². The standard InChI is InChI=1S/C11H14FN5S/c1-11(2,9-14-4-5-18-9)17-8-7(12)6-15-10(13-3)16-8/h4-6H,1-3H3,(H2,13,15,16,17). The molecule has 96 valence electrons. The molecular formula is C11H14FN5S. The van der Waals surface area contributed by atoms with Gasteiger partial charge in [-0.05, 0) is 13.8 Å². The van der Waals surface area contributed by atoms with Crippen LogP contribution in [0.5, 0.6) is 0 Å². The first-order valence-corrected chi connectivity index (χ1v) is 6.29. The van der Waals surface area contributed by atoms with Crippen LogP contribution in [-0.2, 0) is 5.54 Å². The van der Waals surface area contributed by atoms with Gasteiger partial charge in [-0.2, -0.15) is 4.98 Å². The summed E-state index contributed by atoms with van der Waals surface area (Å²) in [6.45, 7) is 3.85. The molecular weight excluding hydrogens is 253 g/mol. The first-order chi connectivity index (χ1) is 8.53. The van der Waals surface area contributed by atoms with Crippen LogP contribution < -0.4 is 10.6 Å². The Balaban J connectivity index is 2.28. The van der Waals surface area contributed by atoms with E-state index in [1.807, 2.05) is 19.2 Å². The number of hydrogen-bond donors (Lipinski definition) is 2. The van der Waals surface area contributed by atoms with Gasteiger partial charge in [0, 0.05) is 18.6 Å². The van der Waals surface area contributed by atoms with E-state index < -0.39 is 11.4 Å². The van der Waals surface area contributed by atoms with Crippen molar-refractivity contribution in [3.8, 4) is 0 Å². The Bertz CT molecular complexity index is 526. The van der Waals surface area contributed by atoms with Gasteiger partial charge < -0.3 is 10.6 Å². The van der Waals surface area contributed by atoms with E-state index in [1.54, 1.807) is 13.2 Å². The van der Waals surface area contributed by atoms with Crippen molar-refractivity contribution in [1.29, 1.82) is 0 Å². The summed E-state index contributed by atoms with van der Waals surface area (Å²) in [6, 6.07) is 0. The summed E-state index contributed by atoms with van der Waals surface area (Å²) in [5, 5.41) is 8.57. The Morgan fingerprint density at radius 3 is 2.72 bits per heavy atom. The monoisotopic (exact) mass is 267 g/mol. The summed E-state index contributed by atoms with van der Waals surface area (Å²) in [5.74, 6) is 0.0435. The maximum atomic E-state index is 13.6. The molecule has 0 amide bonds. The Morgan fingerprint density at radius 1 is 1.33 bits per heavy atom. The van der Waals surface area contributed by atoms with Crippen LogP contribution in [0.2, 0.25) is 0 Å². The van der Waals surface area contributed by atoms with Crippen molar-refractivity contribution in [2.45, 2.75) is 19.4 Å². The predicted octanol–water partition coefficient (Wildman–Crippen LogP) is 2.46. The Kier molecular flexibility index (Phi) is 3.42. The van der Waals surface area contributed by atoms with Crippen LogP contribution in [0.4, 0.5) is 16.2 Å². The molecule has 0 radical (unpaired) electrons. The Morgan fingerprint density at radius 2 is 2.11 bits per heavy atom. The van der Waals surface area contributed by atoms with Crippen LogP contribution in [0.3, 0.4) is 0 Å². The number of thiazole rings is 1. The number of aromatic nitrogens is 3. The summed E-state index contributed by atoms with van der Waals surface area (Å²) >= 11 is 1.51. The van der Waals surface area contributed by atoms with Gasteiger partial charge in [-0.15, -0.1) is 11.3 Å². The number of nitrogens with one attached hydrogen (secondary N) is 2. The summed E-state index contributed by atoms with van der Waals surface area (Å²) in [4.78, 5) is 12.1. The van der Waals surface area contributed by atoms with Crippen LogP contribution in [-0.4, -0.2) is 22.0 Å². The van der Waals surface area contributed by atoms with E-state index in [2.05, 4.69) is 25.6 Å². The lowest BCUT2D eigenvalue weighted by atomic mass is 10.1. The van der Waals surface area contributed by atoms with Gasteiger partial charge in [0.25, 0.3) is 0 Å². The minimum absolute atomic E-state index is 0.162. The first-order valence-electron chi connectivity index (χ1n) is 5.41. The molecule has 5 nitrogen and oxygen atoms in total. The molecule has 0 aromatic carbocycles. The third kappa shape index (κ3) is 2.56. The lowest BCUT2D eigenvalue weighted by Crippen LogP contribution is -2.29. The third-order valence-corrected chi connectivity index (χ3v) is 3.46. The highest BCUT2D eigenvalue weighted by atomic mass is 32.1. The molecule has 0 saturated carbocycles. The molecule has 2 rings (SSSR count). The Hall–Kier alpha value is -1.76. The summed E-state index contributed by atoms with van der Waals surface area (Å²) in [5.41, 5.74) is -0.492. The van der Waals surface area contributed by atoms with E-state index in [0.717, 1.165) is 11.2 Å². The third-order valence-electron chi connectivity index (χ3n) is 2.37. The van der Waals surface area contributed by atoms with Crippen molar-refractivity contribution in [2.24, 2.45) is 0 Å². The minimum atomic E-state index is -0.492. The van der Waals surface area contributed by atoms with Gasteiger partial charge in [-0.3, -0.25) is 0 Å². The zero-order valence-electron chi connectivity index (χ0n) is 10.4. The summed E-state index contributed by atoms with van der Waals surface area (Å²) < 4.78 is 13.6. The van der Waals surface area contributed by atoms with Crippen LogP contribution >= 0.6 is 11.3 Å². The van der Waals surface area contributed by atoms with Gasteiger partial charge in [-0.25, -0.2) is 14.4 Å². The number of anilines is 2. The number of hydrogen-bond acceptors (Lipinski definition) is 6. The second-order valence-electron chi connectivity index (χ2n) is 4.23. The van der Waals surface area contributed by atoms with Crippen LogP contribution in [0.1, 0.15) is 18.9 Å². The normalized spacial score (nSPS) is 11.3. The van der Waals surface area contributed by atoms with Crippen molar-refractivity contribution in [2.75, 3.05) is 17.7 Å². The molecule has 0 saturated heterocycles. The molecule has 0 spiro atoms. The topological polar surface area (TPSA) is 62.7 Å². The summed E-state index contributed by atoms with van der Waals surface area (Å²) in [6.07, 6.45) is 2.86. The van der Waals surface area contributed by atoms with E-state index >= 15 is 0 Å². The number of nitrogens with zero attached hydrogens (tertiary/aromatic N) is 3. The summed E-state index contributed by atoms with van der Waals surface area (Å²) in [7, 11) is 1.68. The number of halogens is 1. The Labute approximate surface area is 109 Å². The SMILES string of the molecule is CNc1ncc(F)c(NC(C)(C)c2nccs2)n1. The highest BCUT2D eigenvalue weighted by Gasteiger charge is 2.25. The van der Waals surface area contributed by atoms with Gasteiger partial charge in [0.15, 0.2) is 11.6 Å². The highest BCUT2D eigenvalue weighted by Crippen LogP contribution is 2.27. The van der Waals surface area contributed by atoms with Gasteiger partial charge in [-0.1, -0.05) is 0 Å². The van der Waals surface area contributed by atoms with Gasteiger partial charge >= 0.3 is 0 Å². The van der Waals surface area contributed by atoms with E-state index in [0.29, 0.717) is 5.95 Å². The largest absolute Gasteiger partial charge is 0.357 e. The van der Waals surface area contributed by atoms with E-state index in [9.17, 15) is 4.39 Å². The first kappa shape index (κ1) is 12.7. The molecule has 0 bridgehead atoms. The molecule has 0 unspecified atom stereocenters. The van der Waals surface area contributed by atoms with Gasteiger partial charge in [0.05, 0.1) is 11.7 Å². The van der Waals surface area contributed by atoms with Crippen LogP contribution in [0, 0.1) is 5.82 Å². The van der Waals surface area contributed by atoms with Crippen molar-refractivity contribution in [1.82, 2.24) is 15.0 Å². The molecule has 0 atom stereocenters. The van der Waals surface area contributed by atoms with E-state index in [-0.39, 0.29) is 5.82 Å². The fourth-order valence-electron chi connectivity index (χ4n) is 1.46. The lowest BCUT2D eigenvalue weighted by molar-refractivity contribution is 0.571. The fraction of sp³-hybridized carbons (Fsp3) is 0.364. The van der Waals surface area contributed by atoms with Crippen molar-refractivity contribution < 1.29 is 4.39 Å². The van der Waals surface area contributed by atoms with Gasteiger partial charge in [0.2, 0.25) is 5.95 Å². The second-order valence-corrected chi connectivity index (χ2v) is 5.12. The minimum Gasteiger partial charge on any atom is -0.357 e. The van der Waals surface area contributed by atoms with Crippen molar-refractivity contribution in [3.05, 3.63) is 28.6 Å². The molecule has 0 aliphatic carbocycles. The fourth-order valence-corrected chi connectivity index (χ4v) is 2.17. The average Bonchev–Trinajstić information content (AvgIpc) is 2.86. The molecule has 0 fully saturated rings. The molecule has 7 heteroatoms. The molecule has 2 aromatic heterocycles. The van der Waals surface area contributed by atoms with E-state index in [1.165, 1.54) is 11.3 Å². The number of rotatable bonds is 4. The second kappa shape index (κ2) is 4.85. The smallest absolute Gasteiger partial charge is 0.224 e. The van der Waals surface area contributed by atoms with Crippen molar-refractivity contribution in [3.63, 3.8) is 0 Å². The zero-order valence-corrected chi connectivity index (χ0v) is 11.2. The molecule has 2 heterocycles. The maximum Gasteiger partial charge on any atom is 0.224 e. The molecule has 0 aliphatic heterocycles. The lowest BCUT2D eigenvalue weighted by Gasteiger charge is -2.24. The quantitative estimate of drug-likeness (QED) is 0.891. The molecule has 2 N–H and O–H groups in total. The highest BCUT2D eigenvalue weighted by molar-refractivity contribution is 7.09. The van der Waals surface area contributed by atoms with Gasteiger partial charge in [0.1, 0.15) is 5.01 Å². The van der Waals surface area contributed by atoms with Crippen molar-refractivity contribution >= 4 is 23.1 Å². The zero-order chi connectivity index (χ0) is 13.2. The van der Waals surface area contributed by atoms with Crippen LogP contribution in [0.25, 0.3) is 0 Å². The molecule has 0 aliphatic rings. The maximum absolute atomic E-state index is 13.6. The molecule has 2 aromatic rings. The van der Waals surface area contributed by atoms with E-state index in [4.69, 9.17) is 0 Å².